The maximum Gasteiger partial charge on any atom is 0.359 e. The number of hydrogen-bond acceptors (Lipinski definition) is 7. The van der Waals surface area contributed by atoms with Crippen LogP contribution in [0.2, 0.25) is 0 Å². The molecule has 166 valence electrons. The zero-order valence-electron chi connectivity index (χ0n) is 17.5. The van der Waals surface area contributed by atoms with E-state index in [1.165, 1.54) is 16.0 Å². The molecule has 9 nitrogen and oxygen atoms in total. The van der Waals surface area contributed by atoms with Crippen molar-refractivity contribution in [3.63, 3.8) is 0 Å². The number of esters is 1. The summed E-state index contributed by atoms with van der Waals surface area (Å²) in [6.07, 6.45) is 0. The Kier molecular flexibility index (Phi) is 6.31. The van der Waals surface area contributed by atoms with Crippen LogP contribution in [0, 0.1) is 0 Å². The highest BCUT2D eigenvalue weighted by Crippen LogP contribution is 2.16. The van der Waals surface area contributed by atoms with E-state index >= 15 is 0 Å². The molecule has 1 aromatic carbocycles. The van der Waals surface area contributed by atoms with Gasteiger partial charge in [0.2, 0.25) is 0 Å². The Morgan fingerprint density at radius 2 is 1.69 bits per heavy atom. The van der Waals surface area contributed by atoms with Gasteiger partial charge in [0, 0.05) is 38.1 Å². The molecule has 0 saturated carbocycles. The van der Waals surface area contributed by atoms with Gasteiger partial charge in [-0.3, -0.25) is 14.4 Å². The number of thiophene rings is 1. The predicted molar refractivity (Wildman–Crippen MR) is 119 cm³/mol. The number of amides is 2. The third-order valence-electron chi connectivity index (χ3n) is 5.34. The average Bonchev–Trinajstić information content (AvgIpc) is 3.37. The lowest BCUT2D eigenvalue weighted by Gasteiger charge is -2.34. The summed E-state index contributed by atoms with van der Waals surface area (Å²) >= 11 is 1.39. The molecule has 3 heterocycles. The van der Waals surface area contributed by atoms with Gasteiger partial charge in [-0.25, -0.2) is 9.48 Å². The quantitative estimate of drug-likeness (QED) is 0.543. The van der Waals surface area contributed by atoms with E-state index in [2.05, 4.69) is 5.10 Å². The second-order valence-electron chi connectivity index (χ2n) is 7.24. The van der Waals surface area contributed by atoms with Crippen LogP contribution >= 0.6 is 11.3 Å². The first-order chi connectivity index (χ1) is 15.5. The van der Waals surface area contributed by atoms with Crippen LogP contribution in [-0.2, 0) is 16.1 Å². The van der Waals surface area contributed by atoms with Gasteiger partial charge in [-0.2, -0.15) is 5.10 Å². The van der Waals surface area contributed by atoms with E-state index in [-0.39, 0.29) is 23.1 Å². The first kappa shape index (κ1) is 21.7. The van der Waals surface area contributed by atoms with Crippen molar-refractivity contribution < 1.29 is 19.1 Å². The van der Waals surface area contributed by atoms with Crippen molar-refractivity contribution in [3.05, 3.63) is 62.7 Å². The predicted octanol–water partition coefficient (Wildman–Crippen LogP) is 1.62. The van der Waals surface area contributed by atoms with Gasteiger partial charge in [0.25, 0.3) is 17.4 Å². The van der Waals surface area contributed by atoms with Crippen LogP contribution in [0.15, 0.2) is 46.6 Å². The minimum absolute atomic E-state index is 0.00112. The van der Waals surface area contributed by atoms with Crippen molar-refractivity contribution in [2.45, 2.75) is 13.5 Å². The summed E-state index contributed by atoms with van der Waals surface area (Å²) in [7, 11) is 0. The largest absolute Gasteiger partial charge is 0.451 e. The minimum Gasteiger partial charge on any atom is -0.451 e. The van der Waals surface area contributed by atoms with Gasteiger partial charge in [0.15, 0.2) is 12.3 Å². The molecule has 1 fully saturated rings. The van der Waals surface area contributed by atoms with Crippen molar-refractivity contribution in [2.75, 3.05) is 32.8 Å². The molecule has 0 atom stereocenters. The summed E-state index contributed by atoms with van der Waals surface area (Å²) in [4.78, 5) is 54.0. The topological polar surface area (TPSA) is 102 Å². The smallest absolute Gasteiger partial charge is 0.359 e. The van der Waals surface area contributed by atoms with Gasteiger partial charge in [-0.15, -0.1) is 11.3 Å². The molecule has 3 aromatic rings. The van der Waals surface area contributed by atoms with Crippen molar-refractivity contribution in [3.8, 4) is 0 Å². The molecule has 2 aromatic heterocycles. The zero-order chi connectivity index (χ0) is 22.7. The lowest BCUT2D eigenvalue weighted by molar-refractivity contribution is -0.136. The average molecular weight is 455 g/mol. The molecule has 0 unspecified atom stereocenters. The van der Waals surface area contributed by atoms with Crippen LogP contribution in [-0.4, -0.2) is 70.1 Å². The SMILES string of the molecule is CCn1nc(C(=O)OCC(=O)N2CCN(C(=O)c3cccs3)CC2)c2ccccc2c1=O. The standard InChI is InChI=1S/C22H22N4O5S/c1-2-26-20(28)16-7-4-3-6-15(16)19(23-26)22(30)31-14-18(27)24-9-11-25(12-10-24)21(29)17-8-5-13-32-17/h3-8,13H,2,9-12,14H2,1H3. The molecule has 1 aliphatic heterocycles. The molecule has 0 aliphatic carbocycles. The molecule has 32 heavy (non-hydrogen) atoms. The first-order valence-electron chi connectivity index (χ1n) is 10.3. The number of benzene rings is 1. The second-order valence-corrected chi connectivity index (χ2v) is 8.19. The van der Waals surface area contributed by atoms with Crippen LogP contribution in [0.3, 0.4) is 0 Å². The number of carbonyl (C=O) groups excluding carboxylic acids is 3. The van der Waals surface area contributed by atoms with Crippen molar-refractivity contribution in [1.82, 2.24) is 19.6 Å². The van der Waals surface area contributed by atoms with Crippen LogP contribution in [0.5, 0.6) is 0 Å². The summed E-state index contributed by atoms with van der Waals surface area (Å²) < 4.78 is 6.44. The van der Waals surface area contributed by atoms with E-state index in [4.69, 9.17) is 4.74 Å². The van der Waals surface area contributed by atoms with Crippen molar-refractivity contribution in [1.29, 1.82) is 0 Å². The number of fused-ring (bicyclic) bond motifs is 1. The van der Waals surface area contributed by atoms with Gasteiger partial charge < -0.3 is 14.5 Å². The third-order valence-corrected chi connectivity index (χ3v) is 6.20. The van der Waals surface area contributed by atoms with E-state index < -0.39 is 12.6 Å². The summed E-state index contributed by atoms with van der Waals surface area (Å²) in [6.45, 7) is 3.21. The van der Waals surface area contributed by atoms with Crippen LogP contribution < -0.4 is 5.56 Å². The van der Waals surface area contributed by atoms with Crippen LogP contribution in [0.4, 0.5) is 0 Å². The van der Waals surface area contributed by atoms with E-state index in [0.717, 1.165) is 0 Å². The molecule has 1 saturated heterocycles. The maximum atomic E-state index is 12.7. The molecule has 10 heteroatoms. The second kappa shape index (κ2) is 9.31. The fourth-order valence-electron chi connectivity index (χ4n) is 3.60. The van der Waals surface area contributed by atoms with E-state index in [1.807, 2.05) is 11.4 Å². The fourth-order valence-corrected chi connectivity index (χ4v) is 4.29. The van der Waals surface area contributed by atoms with Gasteiger partial charge >= 0.3 is 5.97 Å². The number of rotatable bonds is 5. The fraction of sp³-hybridized carbons (Fsp3) is 0.318. The summed E-state index contributed by atoms with van der Waals surface area (Å²) in [5, 5.41) is 6.74. The molecule has 0 bridgehead atoms. The Balaban J connectivity index is 1.38. The van der Waals surface area contributed by atoms with E-state index in [9.17, 15) is 19.2 Å². The molecule has 0 N–H and O–H groups in total. The maximum absolute atomic E-state index is 12.7. The monoisotopic (exact) mass is 454 g/mol. The van der Waals surface area contributed by atoms with Crippen LogP contribution in [0.1, 0.15) is 27.1 Å². The van der Waals surface area contributed by atoms with Gasteiger partial charge in [0.1, 0.15) is 0 Å². The number of piperazine rings is 1. The third kappa shape index (κ3) is 4.26. The van der Waals surface area contributed by atoms with Crippen LogP contribution in [0.25, 0.3) is 10.8 Å². The first-order valence-corrected chi connectivity index (χ1v) is 11.1. The summed E-state index contributed by atoms with van der Waals surface area (Å²) in [5.41, 5.74) is -0.285. The highest BCUT2D eigenvalue weighted by atomic mass is 32.1. The minimum atomic E-state index is -0.761. The highest BCUT2D eigenvalue weighted by molar-refractivity contribution is 7.12. The Bertz CT molecular complexity index is 1210. The molecular weight excluding hydrogens is 432 g/mol. The molecular formula is C22H22N4O5S. The Hall–Kier alpha value is -3.53. The Morgan fingerprint density at radius 1 is 1.00 bits per heavy atom. The zero-order valence-corrected chi connectivity index (χ0v) is 18.3. The molecule has 1 aliphatic rings. The Morgan fingerprint density at radius 3 is 2.34 bits per heavy atom. The van der Waals surface area contributed by atoms with Gasteiger partial charge in [-0.05, 0) is 24.4 Å². The number of aryl methyl sites for hydroxylation is 1. The van der Waals surface area contributed by atoms with Gasteiger partial charge in [-0.1, -0.05) is 24.3 Å². The Labute approximate surface area is 187 Å². The lowest BCUT2D eigenvalue weighted by atomic mass is 10.1. The molecule has 0 spiro atoms. The summed E-state index contributed by atoms with van der Waals surface area (Å²) in [6, 6.07) is 10.3. The lowest BCUT2D eigenvalue weighted by Crippen LogP contribution is -2.51. The number of carbonyl (C=O) groups is 3. The highest BCUT2D eigenvalue weighted by Gasteiger charge is 2.26. The number of aromatic nitrogens is 2. The van der Waals surface area contributed by atoms with E-state index in [1.54, 1.807) is 47.1 Å². The molecule has 0 radical (unpaired) electrons. The number of ether oxygens (including phenoxy) is 1. The van der Waals surface area contributed by atoms with Gasteiger partial charge in [0.05, 0.1) is 10.3 Å². The van der Waals surface area contributed by atoms with Crippen molar-refractivity contribution in [2.24, 2.45) is 0 Å². The normalized spacial score (nSPS) is 13.9. The summed E-state index contributed by atoms with van der Waals surface area (Å²) in [5.74, 6) is -1.14. The molecule has 4 rings (SSSR count). The van der Waals surface area contributed by atoms with Crippen molar-refractivity contribution >= 4 is 39.9 Å². The number of nitrogens with zero attached hydrogens (tertiary/aromatic N) is 4. The number of hydrogen-bond donors (Lipinski definition) is 0. The molecule has 2 amide bonds. The van der Waals surface area contributed by atoms with E-state index in [0.29, 0.717) is 48.4 Å².